The van der Waals surface area contributed by atoms with E-state index in [2.05, 4.69) is 5.32 Å². The van der Waals surface area contributed by atoms with Gasteiger partial charge in [-0.2, -0.15) is 13.2 Å². The molecule has 4 rings (SSSR count). The monoisotopic (exact) mass is 434 g/mol. The molecule has 1 N–H and O–H groups in total. The Morgan fingerprint density at radius 1 is 1.07 bits per heavy atom. The van der Waals surface area contributed by atoms with Crippen molar-refractivity contribution in [3.05, 3.63) is 87.2 Å². The molecule has 2 aromatic carbocycles. The SMILES string of the molecule is O=C(Nc1cn(Cc2ccc(C(F)(F)F)cc2)c2ccccc12)c1sccc1Cl. The number of halogens is 4. The number of anilines is 1. The summed E-state index contributed by atoms with van der Waals surface area (Å²) in [5.74, 6) is -0.303. The average molecular weight is 435 g/mol. The molecule has 0 saturated carbocycles. The first-order valence-corrected chi connectivity index (χ1v) is 9.87. The molecule has 0 atom stereocenters. The van der Waals surface area contributed by atoms with Crippen molar-refractivity contribution < 1.29 is 18.0 Å². The predicted octanol–water partition coefficient (Wildman–Crippen LogP) is 6.68. The van der Waals surface area contributed by atoms with Gasteiger partial charge in [-0.1, -0.05) is 41.9 Å². The molecule has 0 saturated heterocycles. The molecule has 0 radical (unpaired) electrons. The van der Waals surface area contributed by atoms with E-state index in [9.17, 15) is 18.0 Å². The van der Waals surface area contributed by atoms with Gasteiger partial charge in [0.25, 0.3) is 5.91 Å². The topological polar surface area (TPSA) is 34.0 Å². The Morgan fingerprint density at radius 2 is 1.79 bits per heavy atom. The lowest BCUT2D eigenvalue weighted by molar-refractivity contribution is -0.137. The van der Waals surface area contributed by atoms with Crippen LogP contribution in [0, 0.1) is 0 Å². The minimum atomic E-state index is -4.36. The van der Waals surface area contributed by atoms with E-state index in [4.69, 9.17) is 11.6 Å². The second kappa shape index (κ2) is 7.57. The van der Waals surface area contributed by atoms with E-state index in [1.165, 1.54) is 23.5 Å². The molecule has 2 aromatic heterocycles. The zero-order chi connectivity index (χ0) is 20.6. The second-order valence-electron chi connectivity index (χ2n) is 6.43. The van der Waals surface area contributed by atoms with Crippen molar-refractivity contribution in [1.29, 1.82) is 0 Å². The third-order valence-electron chi connectivity index (χ3n) is 4.49. The zero-order valence-electron chi connectivity index (χ0n) is 14.8. The number of thiophene rings is 1. The largest absolute Gasteiger partial charge is 0.416 e. The number of alkyl halides is 3. The van der Waals surface area contributed by atoms with Gasteiger partial charge in [0.15, 0.2) is 0 Å². The van der Waals surface area contributed by atoms with Crippen molar-refractivity contribution in [3.63, 3.8) is 0 Å². The van der Waals surface area contributed by atoms with E-state index in [-0.39, 0.29) is 5.91 Å². The van der Waals surface area contributed by atoms with Crippen LogP contribution in [0.4, 0.5) is 18.9 Å². The molecule has 0 bridgehead atoms. The molecular weight excluding hydrogens is 421 g/mol. The highest BCUT2D eigenvalue weighted by atomic mass is 35.5. The molecule has 1 amide bonds. The van der Waals surface area contributed by atoms with Gasteiger partial charge in [-0.15, -0.1) is 11.3 Å². The van der Waals surface area contributed by atoms with Crippen LogP contribution in [0.3, 0.4) is 0 Å². The normalized spacial score (nSPS) is 11.7. The fourth-order valence-corrected chi connectivity index (χ4v) is 4.14. The molecule has 0 spiro atoms. The van der Waals surface area contributed by atoms with Gasteiger partial charge in [-0.25, -0.2) is 0 Å². The summed E-state index contributed by atoms with van der Waals surface area (Å²) in [6.07, 6.45) is -2.58. The van der Waals surface area contributed by atoms with E-state index < -0.39 is 11.7 Å². The molecule has 0 unspecified atom stereocenters. The molecule has 8 heteroatoms. The standard InChI is InChI=1S/C21H14ClF3N2OS/c22-16-9-10-29-19(16)20(28)26-17-12-27(18-4-2-1-3-15(17)18)11-13-5-7-14(8-6-13)21(23,24)25/h1-10,12H,11H2,(H,26,28). The molecule has 0 aliphatic carbocycles. The van der Waals surface area contributed by atoms with Crippen LogP contribution in [0.5, 0.6) is 0 Å². The van der Waals surface area contributed by atoms with Gasteiger partial charge in [0, 0.05) is 18.1 Å². The summed E-state index contributed by atoms with van der Waals surface area (Å²) < 4.78 is 40.2. The molecule has 3 nitrogen and oxygen atoms in total. The number of fused-ring (bicyclic) bond motifs is 1. The van der Waals surface area contributed by atoms with Gasteiger partial charge in [-0.05, 0) is 35.2 Å². The number of nitrogens with one attached hydrogen (secondary N) is 1. The lowest BCUT2D eigenvalue weighted by Crippen LogP contribution is -2.10. The number of rotatable bonds is 4. The lowest BCUT2D eigenvalue weighted by Gasteiger charge is -2.09. The van der Waals surface area contributed by atoms with Crippen LogP contribution in [0.1, 0.15) is 20.8 Å². The van der Waals surface area contributed by atoms with Gasteiger partial charge in [-0.3, -0.25) is 4.79 Å². The number of carbonyl (C=O) groups is 1. The maximum Gasteiger partial charge on any atom is 0.416 e. The van der Waals surface area contributed by atoms with Gasteiger partial charge >= 0.3 is 6.18 Å². The van der Waals surface area contributed by atoms with Crippen molar-refractivity contribution in [3.8, 4) is 0 Å². The first-order valence-electron chi connectivity index (χ1n) is 8.61. The van der Waals surface area contributed by atoms with Gasteiger partial charge in [0.05, 0.1) is 21.8 Å². The quantitative estimate of drug-likeness (QED) is 0.382. The summed E-state index contributed by atoms with van der Waals surface area (Å²) in [5, 5.41) is 5.85. The molecule has 0 aliphatic heterocycles. The Kier molecular flexibility index (Phi) is 5.10. The fourth-order valence-electron chi connectivity index (χ4n) is 3.11. The van der Waals surface area contributed by atoms with Gasteiger partial charge in [0.1, 0.15) is 4.88 Å². The van der Waals surface area contributed by atoms with Gasteiger partial charge in [0.2, 0.25) is 0 Å². The number of benzene rings is 2. The van der Waals surface area contributed by atoms with Crippen molar-refractivity contribution in [2.45, 2.75) is 12.7 Å². The Morgan fingerprint density at radius 3 is 2.45 bits per heavy atom. The summed E-state index contributed by atoms with van der Waals surface area (Å²) in [4.78, 5) is 13.0. The van der Waals surface area contributed by atoms with Crippen LogP contribution in [-0.2, 0) is 12.7 Å². The van der Waals surface area contributed by atoms with Crippen LogP contribution in [0.15, 0.2) is 66.2 Å². The number of para-hydroxylation sites is 1. The average Bonchev–Trinajstić information content (AvgIpc) is 3.26. The van der Waals surface area contributed by atoms with Crippen molar-refractivity contribution >= 4 is 45.4 Å². The number of amides is 1. The highest BCUT2D eigenvalue weighted by molar-refractivity contribution is 7.12. The number of carbonyl (C=O) groups excluding carboxylic acids is 1. The smallest absolute Gasteiger partial charge is 0.341 e. The van der Waals surface area contributed by atoms with Crippen LogP contribution >= 0.6 is 22.9 Å². The van der Waals surface area contributed by atoms with Crippen LogP contribution < -0.4 is 5.32 Å². The molecule has 148 valence electrons. The minimum Gasteiger partial charge on any atom is -0.341 e. The zero-order valence-corrected chi connectivity index (χ0v) is 16.4. The molecular formula is C21H14ClF3N2OS. The third-order valence-corrected chi connectivity index (χ3v) is 5.83. The number of hydrogen-bond donors (Lipinski definition) is 1. The van der Waals surface area contributed by atoms with E-state index >= 15 is 0 Å². The predicted molar refractivity (Wildman–Crippen MR) is 110 cm³/mol. The Balaban J connectivity index is 1.64. The van der Waals surface area contributed by atoms with E-state index in [0.29, 0.717) is 22.1 Å². The second-order valence-corrected chi connectivity index (χ2v) is 7.76. The van der Waals surface area contributed by atoms with E-state index in [0.717, 1.165) is 28.6 Å². The number of aromatic nitrogens is 1. The molecule has 0 aliphatic rings. The fraction of sp³-hybridized carbons (Fsp3) is 0.0952. The highest BCUT2D eigenvalue weighted by Gasteiger charge is 2.29. The maximum absolute atomic E-state index is 12.8. The summed E-state index contributed by atoms with van der Waals surface area (Å²) >= 11 is 7.29. The van der Waals surface area contributed by atoms with Crippen molar-refractivity contribution in [2.24, 2.45) is 0 Å². The van der Waals surface area contributed by atoms with Crippen LogP contribution in [-0.4, -0.2) is 10.5 Å². The molecule has 29 heavy (non-hydrogen) atoms. The molecule has 4 aromatic rings. The third kappa shape index (κ3) is 4.02. The maximum atomic E-state index is 12.8. The summed E-state index contributed by atoms with van der Waals surface area (Å²) in [6.45, 7) is 0.369. The summed E-state index contributed by atoms with van der Waals surface area (Å²) in [7, 11) is 0. The Hall–Kier alpha value is -2.77. The minimum absolute atomic E-state index is 0.303. The lowest BCUT2D eigenvalue weighted by atomic mass is 10.1. The Labute approximate surface area is 173 Å². The summed E-state index contributed by atoms with van der Waals surface area (Å²) in [5.41, 5.74) is 1.51. The first-order chi connectivity index (χ1) is 13.8. The van der Waals surface area contributed by atoms with E-state index in [1.54, 1.807) is 17.6 Å². The Bertz CT molecular complexity index is 1180. The van der Waals surface area contributed by atoms with Gasteiger partial charge < -0.3 is 9.88 Å². The number of hydrogen-bond acceptors (Lipinski definition) is 2. The molecule has 2 heterocycles. The highest BCUT2D eigenvalue weighted by Crippen LogP contribution is 2.31. The molecule has 0 fully saturated rings. The van der Waals surface area contributed by atoms with Crippen molar-refractivity contribution in [1.82, 2.24) is 4.57 Å². The summed E-state index contributed by atoms with van der Waals surface area (Å²) in [6, 6.07) is 14.2. The van der Waals surface area contributed by atoms with E-state index in [1.807, 2.05) is 28.8 Å². The number of nitrogens with zero attached hydrogens (tertiary/aromatic N) is 1. The van der Waals surface area contributed by atoms with Crippen LogP contribution in [0.25, 0.3) is 10.9 Å². The first kappa shape index (κ1) is 19.5. The van der Waals surface area contributed by atoms with Crippen LogP contribution in [0.2, 0.25) is 5.02 Å². The van der Waals surface area contributed by atoms with Crippen molar-refractivity contribution in [2.75, 3.05) is 5.32 Å².